The third-order valence-corrected chi connectivity index (χ3v) is 2.88. The lowest BCUT2D eigenvalue weighted by Crippen LogP contribution is -2.29. The van der Waals surface area contributed by atoms with Crippen molar-refractivity contribution < 1.29 is 14.3 Å². The van der Waals surface area contributed by atoms with Crippen LogP contribution in [0.2, 0.25) is 0 Å². The van der Waals surface area contributed by atoms with Crippen molar-refractivity contribution in [2.24, 2.45) is 0 Å². The van der Waals surface area contributed by atoms with Crippen molar-refractivity contribution in [3.8, 4) is 0 Å². The van der Waals surface area contributed by atoms with E-state index in [-0.39, 0.29) is 18.0 Å². The van der Waals surface area contributed by atoms with Crippen LogP contribution in [0.5, 0.6) is 0 Å². The quantitative estimate of drug-likeness (QED) is 0.850. The molecular formula is C15H15N3O4. The molecule has 2 aromatic rings. The zero-order valence-corrected chi connectivity index (χ0v) is 12.2. The van der Waals surface area contributed by atoms with E-state index in [1.807, 2.05) is 0 Å². The SMILES string of the molecule is COC(=O)c1ccc(NC(=O)Cn2nc(C)ccc2=O)cc1. The molecule has 1 heterocycles. The number of amides is 1. The summed E-state index contributed by atoms with van der Waals surface area (Å²) in [5.74, 6) is -0.834. The van der Waals surface area contributed by atoms with E-state index in [2.05, 4.69) is 15.2 Å². The van der Waals surface area contributed by atoms with Gasteiger partial charge in [-0.15, -0.1) is 0 Å². The van der Waals surface area contributed by atoms with Crippen LogP contribution in [0.15, 0.2) is 41.2 Å². The van der Waals surface area contributed by atoms with Crippen LogP contribution in [0.25, 0.3) is 0 Å². The first kappa shape index (κ1) is 15.4. The molecule has 114 valence electrons. The topological polar surface area (TPSA) is 90.3 Å². The Morgan fingerprint density at radius 3 is 2.50 bits per heavy atom. The van der Waals surface area contributed by atoms with E-state index in [9.17, 15) is 14.4 Å². The van der Waals surface area contributed by atoms with Gasteiger partial charge in [-0.3, -0.25) is 9.59 Å². The Labute approximate surface area is 126 Å². The van der Waals surface area contributed by atoms with E-state index < -0.39 is 5.97 Å². The number of nitrogens with zero attached hydrogens (tertiary/aromatic N) is 2. The first-order chi connectivity index (χ1) is 10.5. The molecule has 22 heavy (non-hydrogen) atoms. The summed E-state index contributed by atoms with van der Waals surface area (Å²) in [5.41, 5.74) is 1.20. The fourth-order valence-corrected chi connectivity index (χ4v) is 1.81. The van der Waals surface area contributed by atoms with Crippen LogP contribution in [-0.2, 0) is 16.1 Å². The maximum atomic E-state index is 11.9. The van der Waals surface area contributed by atoms with Crippen molar-refractivity contribution in [2.45, 2.75) is 13.5 Å². The summed E-state index contributed by atoms with van der Waals surface area (Å²) in [4.78, 5) is 34.8. The van der Waals surface area contributed by atoms with Crippen LogP contribution >= 0.6 is 0 Å². The van der Waals surface area contributed by atoms with Crippen LogP contribution in [0.4, 0.5) is 5.69 Å². The van der Waals surface area contributed by atoms with Gasteiger partial charge in [-0.1, -0.05) is 0 Å². The second-order valence-electron chi connectivity index (χ2n) is 4.59. The highest BCUT2D eigenvalue weighted by atomic mass is 16.5. The number of aryl methyl sites for hydroxylation is 1. The lowest BCUT2D eigenvalue weighted by molar-refractivity contribution is -0.117. The Hall–Kier alpha value is -2.96. The van der Waals surface area contributed by atoms with Crippen molar-refractivity contribution in [2.75, 3.05) is 12.4 Å². The van der Waals surface area contributed by atoms with Crippen LogP contribution in [0.3, 0.4) is 0 Å². The van der Waals surface area contributed by atoms with Gasteiger partial charge in [0.2, 0.25) is 5.91 Å². The highest BCUT2D eigenvalue weighted by Gasteiger charge is 2.08. The number of benzene rings is 1. The summed E-state index contributed by atoms with van der Waals surface area (Å²) in [6, 6.07) is 9.19. The molecule has 0 saturated carbocycles. The lowest BCUT2D eigenvalue weighted by Gasteiger charge is -2.07. The summed E-state index contributed by atoms with van der Waals surface area (Å²) < 4.78 is 5.68. The van der Waals surface area contributed by atoms with Gasteiger partial charge in [0.1, 0.15) is 6.54 Å². The van der Waals surface area contributed by atoms with Crippen molar-refractivity contribution in [3.63, 3.8) is 0 Å². The van der Waals surface area contributed by atoms with Gasteiger partial charge in [0.05, 0.1) is 18.4 Å². The van der Waals surface area contributed by atoms with E-state index in [0.717, 1.165) is 4.68 Å². The average Bonchev–Trinajstić information content (AvgIpc) is 2.51. The number of hydrogen-bond donors (Lipinski definition) is 1. The molecule has 1 amide bonds. The Morgan fingerprint density at radius 1 is 1.18 bits per heavy atom. The molecule has 1 aromatic carbocycles. The van der Waals surface area contributed by atoms with Gasteiger partial charge in [0, 0.05) is 11.8 Å². The number of esters is 1. The molecule has 0 aliphatic carbocycles. The fraction of sp³-hybridized carbons (Fsp3) is 0.200. The third-order valence-electron chi connectivity index (χ3n) is 2.88. The smallest absolute Gasteiger partial charge is 0.337 e. The summed E-state index contributed by atoms with van der Waals surface area (Å²) >= 11 is 0. The number of carbonyl (C=O) groups excluding carboxylic acids is 2. The summed E-state index contributed by atoms with van der Waals surface area (Å²) in [6.07, 6.45) is 0. The third kappa shape index (κ3) is 3.78. The van der Waals surface area contributed by atoms with Gasteiger partial charge in [0.25, 0.3) is 5.56 Å². The van der Waals surface area contributed by atoms with Crippen LogP contribution in [0.1, 0.15) is 16.1 Å². The number of hydrogen-bond acceptors (Lipinski definition) is 5. The predicted octanol–water partition coefficient (Wildman–Crippen LogP) is 0.977. The minimum absolute atomic E-state index is 0.181. The van der Waals surface area contributed by atoms with Crippen LogP contribution in [-0.4, -0.2) is 28.8 Å². The minimum atomic E-state index is -0.451. The van der Waals surface area contributed by atoms with Crippen molar-refractivity contribution in [3.05, 3.63) is 58.0 Å². The maximum Gasteiger partial charge on any atom is 0.337 e. The normalized spacial score (nSPS) is 10.1. The zero-order valence-electron chi connectivity index (χ0n) is 12.2. The Bertz CT molecular complexity index is 750. The standard InChI is InChI=1S/C15H15N3O4/c1-10-3-8-14(20)18(17-10)9-13(19)16-12-6-4-11(5-7-12)15(21)22-2/h3-8H,9H2,1-2H3,(H,16,19). The largest absolute Gasteiger partial charge is 0.465 e. The van der Waals surface area contributed by atoms with E-state index in [0.29, 0.717) is 16.9 Å². The fourth-order valence-electron chi connectivity index (χ4n) is 1.81. The molecule has 2 rings (SSSR count). The zero-order chi connectivity index (χ0) is 16.1. The number of anilines is 1. The summed E-state index contributed by atoms with van der Waals surface area (Å²) in [5, 5.41) is 6.62. The summed E-state index contributed by atoms with van der Waals surface area (Å²) in [7, 11) is 1.30. The monoisotopic (exact) mass is 301 g/mol. The maximum absolute atomic E-state index is 11.9. The van der Waals surface area contributed by atoms with Crippen molar-refractivity contribution in [1.29, 1.82) is 0 Å². The molecule has 0 aliphatic heterocycles. The molecular weight excluding hydrogens is 286 g/mol. The second-order valence-corrected chi connectivity index (χ2v) is 4.59. The van der Waals surface area contributed by atoms with Gasteiger partial charge in [-0.05, 0) is 37.3 Å². The molecule has 0 radical (unpaired) electrons. The molecule has 0 atom stereocenters. The predicted molar refractivity (Wildman–Crippen MR) is 79.6 cm³/mol. The number of rotatable bonds is 4. The lowest BCUT2D eigenvalue weighted by atomic mass is 10.2. The molecule has 7 nitrogen and oxygen atoms in total. The van der Waals surface area contributed by atoms with E-state index >= 15 is 0 Å². The van der Waals surface area contributed by atoms with Gasteiger partial charge >= 0.3 is 5.97 Å². The number of methoxy groups -OCH3 is 1. The summed E-state index contributed by atoms with van der Waals surface area (Å²) in [6.45, 7) is 1.55. The molecule has 7 heteroatoms. The number of carbonyl (C=O) groups is 2. The highest BCUT2D eigenvalue weighted by Crippen LogP contribution is 2.10. The van der Waals surface area contributed by atoms with Crippen molar-refractivity contribution in [1.82, 2.24) is 9.78 Å². The van der Waals surface area contributed by atoms with Crippen LogP contribution in [0, 0.1) is 6.92 Å². The number of ether oxygens (including phenoxy) is 1. The Balaban J connectivity index is 2.04. The van der Waals surface area contributed by atoms with E-state index in [1.54, 1.807) is 37.3 Å². The first-order valence-electron chi connectivity index (χ1n) is 6.52. The second kappa shape index (κ2) is 6.66. The average molecular weight is 301 g/mol. The number of aromatic nitrogens is 2. The van der Waals surface area contributed by atoms with E-state index in [4.69, 9.17) is 0 Å². The van der Waals surface area contributed by atoms with Gasteiger partial charge in [-0.25, -0.2) is 9.48 Å². The molecule has 0 saturated heterocycles. The first-order valence-corrected chi connectivity index (χ1v) is 6.52. The molecule has 0 bridgehead atoms. The van der Waals surface area contributed by atoms with Crippen LogP contribution < -0.4 is 10.9 Å². The molecule has 0 unspecified atom stereocenters. The Morgan fingerprint density at radius 2 is 1.86 bits per heavy atom. The molecule has 0 aliphatic rings. The minimum Gasteiger partial charge on any atom is -0.465 e. The molecule has 0 fully saturated rings. The van der Waals surface area contributed by atoms with Gasteiger partial charge < -0.3 is 10.1 Å². The Kier molecular flexibility index (Phi) is 4.67. The van der Waals surface area contributed by atoms with E-state index in [1.165, 1.54) is 13.2 Å². The molecule has 0 spiro atoms. The highest BCUT2D eigenvalue weighted by molar-refractivity contribution is 5.92. The van der Waals surface area contributed by atoms with Gasteiger partial charge in [0.15, 0.2) is 0 Å². The molecule has 1 aromatic heterocycles. The van der Waals surface area contributed by atoms with Gasteiger partial charge in [-0.2, -0.15) is 5.10 Å². The van der Waals surface area contributed by atoms with Crippen molar-refractivity contribution >= 4 is 17.6 Å². The number of nitrogens with one attached hydrogen (secondary N) is 1. The molecule has 1 N–H and O–H groups in total.